The molecule has 0 saturated carbocycles. The molecule has 1 unspecified atom stereocenters. The molecule has 0 amide bonds. The van der Waals surface area contributed by atoms with Gasteiger partial charge in [0.1, 0.15) is 0 Å². The van der Waals surface area contributed by atoms with E-state index in [4.69, 9.17) is 5.73 Å². The summed E-state index contributed by atoms with van der Waals surface area (Å²) in [5.74, 6) is 0. The summed E-state index contributed by atoms with van der Waals surface area (Å²) in [6.45, 7) is 2.29. The number of nitroso groups, excluding NO2 is 1. The minimum atomic E-state index is -0.0162. The van der Waals surface area contributed by atoms with Crippen LogP contribution in [-0.2, 0) is 0 Å². The molecule has 0 aromatic carbocycles. The van der Waals surface area contributed by atoms with Gasteiger partial charge in [0.15, 0.2) is 0 Å². The highest BCUT2D eigenvalue weighted by atomic mass is 16.3. The quantitative estimate of drug-likeness (QED) is 0.554. The zero-order valence-electron chi connectivity index (χ0n) is 5.13. The van der Waals surface area contributed by atoms with Crippen molar-refractivity contribution >= 4 is 0 Å². The van der Waals surface area contributed by atoms with E-state index in [-0.39, 0.29) is 12.6 Å². The molecule has 0 bridgehead atoms. The normalized spacial score (nSPS) is 13.2. The van der Waals surface area contributed by atoms with Crippen LogP contribution in [0.5, 0.6) is 0 Å². The molecule has 2 N–H and O–H groups in total. The molecule has 0 saturated heterocycles. The van der Waals surface area contributed by atoms with Crippen LogP contribution in [-0.4, -0.2) is 12.6 Å². The van der Waals surface area contributed by atoms with Gasteiger partial charge < -0.3 is 5.73 Å². The topological polar surface area (TPSA) is 55.4 Å². The van der Waals surface area contributed by atoms with Crippen molar-refractivity contribution in [2.75, 3.05) is 6.54 Å². The SMILES string of the molecule is CCCC(N)CN=O. The average molecular weight is 116 g/mol. The van der Waals surface area contributed by atoms with Crippen LogP contribution in [0.1, 0.15) is 19.8 Å². The Balaban J connectivity index is 3.03. The van der Waals surface area contributed by atoms with Crippen molar-refractivity contribution in [2.45, 2.75) is 25.8 Å². The lowest BCUT2D eigenvalue weighted by atomic mass is 10.2. The second-order valence-corrected chi connectivity index (χ2v) is 1.86. The van der Waals surface area contributed by atoms with E-state index in [0.29, 0.717) is 0 Å². The summed E-state index contributed by atoms with van der Waals surface area (Å²) >= 11 is 0. The van der Waals surface area contributed by atoms with Crippen LogP contribution in [0.25, 0.3) is 0 Å². The summed E-state index contributed by atoms with van der Waals surface area (Å²) in [6.07, 6.45) is 1.92. The molecular formula is C5H12N2O. The van der Waals surface area contributed by atoms with Crippen LogP contribution < -0.4 is 5.73 Å². The third-order valence-corrected chi connectivity index (χ3v) is 0.969. The minimum Gasteiger partial charge on any atom is -0.326 e. The lowest BCUT2D eigenvalue weighted by Crippen LogP contribution is -2.22. The predicted octanol–water partition coefficient (Wildman–Crippen LogP) is 0.880. The van der Waals surface area contributed by atoms with Crippen molar-refractivity contribution in [1.82, 2.24) is 0 Å². The molecule has 8 heavy (non-hydrogen) atoms. The second kappa shape index (κ2) is 4.71. The second-order valence-electron chi connectivity index (χ2n) is 1.86. The van der Waals surface area contributed by atoms with E-state index in [1.54, 1.807) is 0 Å². The third-order valence-electron chi connectivity index (χ3n) is 0.969. The van der Waals surface area contributed by atoms with Gasteiger partial charge >= 0.3 is 0 Å². The zero-order valence-corrected chi connectivity index (χ0v) is 5.13. The highest BCUT2D eigenvalue weighted by Crippen LogP contribution is 1.91. The van der Waals surface area contributed by atoms with Crippen LogP contribution >= 0.6 is 0 Å². The van der Waals surface area contributed by atoms with Crippen LogP contribution in [0.15, 0.2) is 5.18 Å². The van der Waals surface area contributed by atoms with Gasteiger partial charge in [-0.05, 0) is 6.42 Å². The maximum absolute atomic E-state index is 9.56. The Kier molecular flexibility index (Phi) is 4.45. The summed E-state index contributed by atoms with van der Waals surface area (Å²) < 4.78 is 0. The molecule has 3 heteroatoms. The first-order valence-electron chi connectivity index (χ1n) is 2.86. The summed E-state index contributed by atoms with van der Waals surface area (Å²) in [7, 11) is 0. The number of hydrogen-bond donors (Lipinski definition) is 1. The van der Waals surface area contributed by atoms with E-state index in [9.17, 15) is 4.91 Å². The number of rotatable bonds is 4. The largest absolute Gasteiger partial charge is 0.326 e. The molecule has 0 radical (unpaired) electrons. The van der Waals surface area contributed by atoms with Crippen LogP contribution in [0, 0.1) is 4.91 Å². The van der Waals surface area contributed by atoms with E-state index in [0.717, 1.165) is 12.8 Å². The Bertz CT molecular complexity index is 65.4. The van der Waals surface area contributed by atoms with E-state index in [1.165, 1.54) is 0 Å². The van der Waals surface area contributed by atoms with Gasteiger partial charge in [-0.3, -0.25) is 0 Å². The Morgan fingerprint density at radius 3 is 2.75 bits per heavy atom. The molecule has 3 nitrogen and oxygen atoms in total. The fourth-order valence-electron chi connectivity index (χ4n) is 0.558. The molecule has 0 aliphatic heterocycles. The zero-order chi connectivity index (χ0) is 6.41. The molecule has 0 aliphatic carbocycles. The van der Waals surface area contributed by atoms with Gasteiger partial charge in [-0.2, -0.15) is 4.91 Å². The first-order chi connectivity index (χ1) is 3.81. The lowest BCUT2D eigenvalue weighted by Gasteiger charge is -2.01. The van der Waals surface area contributed by atoms with Crippen molar-refractivity contribution in [3.8, 4) is 0 Å². The van der Waals surface area contributed by atoms with Crippen LogP contribution in [0.3, 0.4) is 0 Å². The third kappa shape index (κ3) is 3.74. The predicted molar refractivity (Wildman–Crippen MR) is 33.5 cm³/mol. The summed E-state index contributed by atoms with van der Waals surface area (Å²) in [5, 5.41) is 2.68. The van der Waals surface area contributed by atoms with Gasteiger partial charge in [-0.1, -0.05) is 18.5 Å². The molecule has 0 aromatic heterocycles. The molecule has 0 spiro atoms. The summed E-state index contributed by atoms with van der Waals surface area (Å²) in [4.78, 5) is 9.56. The maximum Gasteiger partial charge on any atom is 0.0962 e. The number of hydrogen-bond acceptors (Lipinski definition) is 3. The highest BCUT2D eigenvalue weighted by Gasteiger charge is 1.97. The van der Waals surface area contributed by atoms with E-state index in [1.807, 2.05) is 6.92 Å². The van der Waals surface area contributed by atoms with Crippen molar-refractivity contribution in [3.05, 3.63) is 4.91 Å². The lowest BCUT2D eigenvalue weighted by molar-refractivity contribution is 0.611. The first-order valence-corrected chi connectivity index (χ1v) is 2.86. The fraction of sp³-hybridized carbons (Fsp3) is 1.00. The standard InChI is InChI=1S/C5H12N2O/c1-2-3-5(6)4-7-8/h5H,2-4,6H2,1H3. The van der Waals surface area contributed by atoms with Crippen LogP contribution in [0.4, 0.5) is 0 Å². The van der Waals surface area contributed by atoms with Gasteiger partial charge in [0.2, 0.25) is 0 Å². The van der Waals surface area contributed by atoms with Crippen molar-refractivity contribution in [2.24, 2.45) is 10.9 Å². The number of nitrogens with zero attached hydrogens (tertiary/aromatic N) is 1. The molecule has 1 atom stereocenters. The van der Waals surface area contributed by atoms with E-state index >= 15 is 0 Å². The molecule has 0 heterocycles. The van der Waals surface area contributed by atoms with Gasteiger partial charge in [0, 0.05) is 6.04 Å². The van der Waals surface area contributed by atoms with Gasteiger partial charge in [-0.15, -0.1) is 0 Å². The molecule has 0 fully saturated rings. The summed E-state index contributed by atoms with van der Waals surface area (Å²) in [6, 6.07) is -0.0162. The van der Waals surface area contributed by atoms with Crippen LogP contribution in [0.2, 0.25) is 0 Å². The molecule has 0 aliphatic rings. The average Bonchev–Trinajstić information content (AvgIpc) is 1.68. The molecule has 0 rings (SSSR count). The fourth-order valence-corrected chi connectivity index (χ4v) is 0.558. The number of nitrogens with two attached hydrogens (primary N) is 1. The summed E-state index contributed by atoms with van der Waals surface area (Å²) in [5.41, 5.74) is 5.40. The van der Waals surface area contributed by atoms with E-state index in [2.05, 4.69) is 5.18 Å². The van der Waals surface area contributed by atoms with Gasteiger partial charge in [-0.25, -0.2) is 0 Å². The van der Waals surface area contributed by atoms with Gasteiger partial charge in [0.25, 0.3) is 0 Å². The van der Waals surface area contributed by atoms with Crippen molar-refractivity contribution < 1.29 is 0 Å². The maximum atomic E-state index is 9.56. The minimum absolute atomic E-state index is 0.0162. The monoisotopic (exact) mass is 116 g/mol. The van der Waals surface area contributed by atoms with Crippen molar-refractivity contribution in [1.29, 1.82) is 0 Å². The Hall–Kier alpha value is -0.440. The molecule has 0 aromatic rings. The Labute approximate surface area is 49.2 Å². The highest BCUT2D eigenvalue weighted by molar-refractivity contribution is 4.61. The van der Waals surface area contributed by atoms with Crippen molar-refractivity contribution in [3.63, 3.8) is 0 Å². The smallest absolute Gasteiger partial charge is 0.0962 e. The molecule has 48 valence electrons. The van der Waals surface area contributed by atoms with E-state index < -0.39 is 0 Å². The first kappa shape index (κ1) is 7.56. The Morgan fingerprint density at radius 2 is 2.38 bits per heavy atom. The molecular weight excluding hydrogens is 104 g/mol. The van der Waals surface area contributed by atoms with Gasteiger partial charge in [0.05, 0.1) is 6.54 Å². The Morgan fingerprint density at radius 1 is 1.75 bits per heavy atom.